The van der Waals surface area contributed by atoms with Crippen molar-refractivity contribution in [1.82, 2.24) is 10.3 Å². The number of halogens is 1. The van der Waals surface area contributed by atoms with Gasteiger partial charge in [0.05, 0.1) is 0 Å². The molecule has 6 nitrogen and oxygen atoms in total. The van der Waals surface area contributed by atoms with Crippen molar-refractivity contribution >= 4 is 38.7 Å². The molecular formula is C17H21BrN2O4. The van der Waals surface area contributed by atoms with Gasteiger partial charge in [-0.25, -0.2) is 4.79 Å². The van der Waals surface area contributed by atoms with E-state index in [4.69, 9.17) is 4.74 Å². The zero-order chi connectivity index (χ0) is 17.5. The molecule has 1 aromatic heterocycles. The molecule has 2 rings (SSSR count). The molecule has 0 saturated heterocycles. The van der Waals surface area contributed by atoms with Gasteiger partial charge in [-0.3, -0.25) is 4.79 Å². The Bertz CT molecular complexity index is 714. The smallest absolute Gasteiger partial charge is 0.326 e. The number of hydrogen-bond acceptors (Lipinski definition) is 3. The van der Waals surface area contributed by atoms with Crippen molar-refractivity contribution in [2.24, 2.45) is 0 Å². The number of nitrogens with one attached hydrogen (secondary N) is 2. The molecule has 0 aliphatic rings. The van der Waals surface area contributed by atoms with E-state index in [9.17, 15) is 14.7 Å². The molecule has 1 heterocycles. The lowest BCUT2D eigenvalue weighted by molar-refractivity contribution is -0.141. The number of amides is 1. The Balaban J connectivity index is 2.01. The third-order valence-corrected chi connectivity index (χ3v) is 4.18. The molecule has 0 bridgehead atoms. The maximum absolute atomic E-state index is 11.9. The van der Waals surface area contributed by atoms with Crippen LogP contribution in [0.2, 0.25) is 0 Å². The summed E-state index contributed by atoms with van der Waals surface area (Å²) in [4.78, 5) is 26.5. The number of carboxylic acids is 1. The van der Waals surface area contributed by atoms with Crippen LogP contribution < -0.4 is 5.32 Å². The maximum atomic E-state index is 11.9. The molecule has 0 aliphatic carbocycles. The zero-order valence-electron chi connectivity index (χ0n) is 13.5. The standard InChI is InChI=1S/C17H21BrN2O4/c1-2-24-7-3-4-16(21)20-15(17(22)23)8-11-10-19-14-6-5-12(18)9-13(11)14/h5-6,9-10,15,19H,2-4,7-8H2,1H3,(H,20,21)(H,22,23). The summed E-state index contributed by atoms with van der Waals surface area (Å²) in [6.07, 6.45) is 2.84. The molecule has 0 saturated carbocycles. The summed E-state index contributed by atoms with van der Waals surface area (Å²) < 4.78 is 6.10. The number of ether oxygens (including phenoxy) is 1. The average molecular weight is 397 g/mol. The van der Waals surface area contributed by atoms with Crippen LogP contribution in [0.1, 0.15) is 25.3 Å². The van der Waals surface area contributed by atoms with Gasteiger partial charge in [0.15, 0.2) is 0 Å². The Labute approximate surface area is 148 Å². The van der Waals surface area contributed by atoms with Gasteiger partial charge in [0.25, 0.3) is 0 Å². The van der Waals surface area contributed by atoms with Gasteiger partial charge >= 0.3 is 5.97 Å². The molecule has 24 heavy (non-hydrogen) atoms. The van der Waals surface area contributed by atoms with Crippen molar-refractivity contribution in [3.63, 3.8) is 0 Å². The third-order valence-electron chi connectivity index (χ3n) is 3.68. The number of rotatable bonds is 9. The average Bonchev–Trinajstić information content (AvgIpc) is 2.93. The Morgan fingerprint density at radius 1 is 1.42 bits per heavy atom. The number of H-pyrrole nitrogens is 1. The van der Waals surface area contributed by atoms with Gasteiger partial charge in [0.2, 0.25) is 5.91 Å². The van der Waals surface area contributed by atoms with Gasteiger partial charge in [-0.1, -0.05) is 15.9 Å². The summed E-state index contributed by atoms with van der Waals surface area (Å²) >= 11 is 3.42. The van der Waals surface area contributed by atoms with Gasteiger partial charge in [0.1, 0.15) is 6.04 Å². The van der Waals surface area contributed by atoms with Crippen molar-refractivity contribution in [3.8, 4) is 0 Å². The molecule has 130 valence electrons. The fourth-order valence-electron chi connectivity index (χ4n) is 2.49. The Kier molecular flexibility index (Phi) is 6.81. The highest BCUT2D eigenvalue weighted by atomic mass is 79.9. The number of aliphatic carboxylic acids is 1. The van der Waals surface area contributed by atoms with E-state index < -0.39 is 12.0 Å². The summed E-state index contributed by atoms with van der Waals surface area (Å²) in [5.74, 6) is -1.32. The van der Waals surface area contributed by atoms with E-state index in [0.29, 0.717) is 19.6 Å². The topological polar surface area (TPSA) is 91.4 Å². The predicted octanol–water partition coefficient (Wildman–Crippen LogP) is 2.86. The van der Waals surface area contributed by atoms with Crippen molar-refractivity contribution in [2.45, 2.75) is 32.2 Å². The van der Waals surface area contributed by atoms with E-state index in [1.165, 1.54) is 0 Å². The monoisotopic (exact) mass is 396 g/mol. The van der Waals surface area contributed by atoms with E-state index in [1.54, 1.807) is 6.20 Å². The van der Waals surface area contributed by atoms with Crippen LogP contribution in [-0.4, -0.2) is 41.2 Å². The fraction of sp³-hybridized carbons (Fsp3) is 0.412. The van der Waals surface area contributed by atoms with Crippen LogP contribution in [0, 0.1) is 0 Å². The lowest BCUT2D eigenvalue weighted by atomic mass is 10.0. The molecule has 0 aliphatic heterocycles. The molecule has 1 atom stereocenters. The van der Waals surface area contributed by atoms with Crippen molar-refractivity contribution in [3.05, 3.63) is 34.4 Å². The van der Waals surface area contributed by atoms with Gasteiger partial charge < -0.3 is 20.1 Å². The van der Waals surface area contributed by atoms with E-state index in [1.807, 2.05) is 25.1 Å². The Hall–Kier alpha value is -1.86. The van der Waals surface area contributed by atoms with Crippen LogP contribution in [-0.2, 0) is 20.7 Å². The van der Waals surface area contributed by atoms with E-state index in [-0.39, 0.29) is 18.7 Å². The Morgan fingerprint density at radius 3 is 2.92 bits per heavy atom. The van der Waals surface area contributed by atoms with E-state index >= 15 is 0 Å². The quantitative estimate of drug-likeness (QED) is 0.568. The summed E-state index contributed by atoms with van der Waals surface area (Å²) in [5.41, 5.74) is 1.79. The SMILES string of the molecule is CCOCCCC(=O)NC(Cc1c[nH]c2ccc(Br)cc12)C(=O)O. The summed E-state index contributed by atoms with van der Waals surface area (Å²) in [6.45, 7) is 2.99. The van der Waals surface area contributed by atoms with Crippen LogP contribution in [0.15, 0.2) is 28.9 Å². The fourth-order valence-corrected chi connectivity index (χ4v) is 2.85. The van der Waals surface area contributed by atoms with Gasteiger partial charge in [-0.05, 0) is 37.1 Å². The zero-order valence-corrected chi connectivity index (χ0v) is 15.1. The molecule has 1 amide bonds. The second-order valence-corrected chi connectivity index (χ2v) is 6.38. The van der Waals surface area contributed by atoms with E-state index in [2.05, 4.69) is 26.2 Å². The molecule has 7 heteroatoms. The molecular weight excluding hydrogens is 376 g/mol. The number of aromatic nitrogens is 1. The van der Waals surface area contributed by atoms with Gasteiger partial charge in [-0.2, -0.15) is 0 Å². The number of benzene rings is 1. The molecule has 1 aromatic carbocycles. The predicted molar refractivity (Wildman–Crippen MR) is 95.0 cm³/mol. The van der Waals surface area contributed by atoms with Crippen LogP contribution in [0.5, 0.6) is 0 Å². The second-order valence-electron chi connectivity index (χ2n) is 5.47. The first-order valence-electron chi connectivity index (χ1n) is 7.86. The lowest BCUT2D eigenvalue weighted by Crippen LogP contribution is -2.42. The van der Waals surface area contributed by atoms with Crippen molar-refractivity contribution in [2.75, 3.05) is 13.2 Å². The maximum Gasteiger partial charge on any atom is 0.326 e. The minimum Gasteiger partial charge on any atom is -0.480 e. The first-order chi connectivity index (χ1) is 11.5. The molecule has 1 unspecified atom stereocenters. The third kappa shape index (κ3) is 5.07. The van der Waals surface area contributed by atoms with E-state index in [0.717, 1.165) is 20.9 Å². The van der Waals surface area contributed by atoms with Crippen molar-refractivity contribution in [1.29, 1.82) is 0 Å². The first-order valence-corrected chi connectivity index (χ1v) is 8.66. The van der Waals surface area contributed by atoms with Crippen LogP contribution in [0.3, 0.4) is 0 Å². The second kappa shape index (κ2) is 8.84. The highest BCUT2D eigenvalue weighted by Gasteiger charge is 2.21. The number of hydrogen-bond donors (Lipinski definition) is 3. The normalized spacial score (nSPS) is 12.2. The number of carbonyl (C=O) groups excluding carboxylic acids is 1. The van der Waals surface area contributed by atoms with Crippen LogP contribution in [0.4, 0.5) is 0 Å². The number of carboxylic acid groups (broad SMARTS) is 1. The van der Waals surface area contributed by atoms with Crippen molar-refractivity contribution < 1.29 is 19.4 Å². The number of aromatic amines is 1. The largest absolute Gasteiger partial charge is 0.480 e. The summed E-state index contributed by atoms with van der Waals surface area (Å²) in [7, 11) is 0. The minimum atomic E-state index is -1.04. The summed E-state index contributed by atoms with van der Waals surface area (Å²) in [5, 5.41) is 12.9. The van der Waals surface area contributed by atoms with Gasteiger partial charge in [-0.15, -0.1) is 0 Å². The molecule has 3 N–H and O–H groups in total. The molecule has 0 spiro atoms. The first kappa shape index (κ1) is 18.5. The highest BCUT2D eigenvalue weighted by Crippen LogP contribution is 2.23. The summed E-state index contributed by atoms with van der Waals surface area (Å²) in [6, 6.07) is 4.81. The number of carbonyl (C=O) groups is 2. The highest BCUT2D eigenvalue weighted by molar-refractivity contribution is 9.10. The minimum absolute atomic E-state index is 0.225. The van der Waals surface area contributed by atoms with Gasteiger partial charge in [0, 0.05) is 47.6 Å². The number of fused-ring (bicyclic) bond motifs is 1. The molecule has 0 fully saturated rings. The molecule has 2 aromatic rings. The molecule has 0 radical (unpaired) electrons. The van der Waals surface area contributed by atoms with Crippen LogP contribution >= 0.6 is 15.9 Å². The Morgan fingerprint density at radius 2 is 2.21 bits per heavy atom. The lowest BCUT2D eigenvalue weighted by Gasteiger charge is -2.14. The van der Waals surface area contributed by atoms with Crippen LogP contribution in [0.25, 0.3) is 10.9 Å².